The number of nitrogens with zero attached hydrogens (tertiary/aromatic N) is 1. The Labute approximate surface area is 117 Å². The molecule has 0 saturated heterocycles. The Morgan fingerprint density at radius 2 is 1.85 bits per heavy atom. The molecule has 1 aliphatic rings. The van der Waals surface area contributed by atoms with Gasteiger partial charge in [0.1, 0.15) is 5.75 Å². The molecule has 0 fully saturated rings. The van der Waals surface area contributed by atoms with E-state index in [2.05, 4.69) is 6.08 Å². The molecule has 1 N–H and O–H groups in total. The summed E-state index contributed by atoms with van der Waals surface area (Å²) in [5.41, 5.74) is 2.84. The Morgan fingerprint density at radius 1 is 1.05 bits per heavy atom. The predicted molar refractivity (Wildman–Crippen MR) is 78.4 cm³/mol. The topological polar surface area (TPSA) is 40.5 Å². The molecule has 2 aromatic rings. The first-order valence-corrected chi connectivity index (χ1v) is 6.57. The Hall–Kier alpha value is -2.55. The summed E-state index contributed by atoms with van der Waals surface area (Å²) < 4.78 is 0. The van der Waals surface area contributed by atoms with Gasteiger partial charge in [-0.3, -0.25) is 4.79 Å². The molecule has 3 heteroatoms. The molecule has 3 rings (SSSR count). The highest BCUT2D eigenvalue weighted by atomic mass is 16.3. The van der Waals surface area contributed by atoms with Crippen LogP contribution in [-0.2, 0) is 0 Å². The van der Waals surface area contributed by atoms with Crippen molar-refractivity contribution < 1.29 is 9.90 Å². The number of benzene rings is 2. The van der Waals surface area contributed by atoms with Gasteiger partial charge >= 0.3 is 0 Å². The van der Waals surface area contributed by atoms with E-state index in [1.54, 1.807) is 23.1 Å². The molecule has 0 saturated carbocycles. The lowest BCUT2D eigenvalue weighted by atomic mass is 10.1. The summed E-state index contributed by atoms with van der Waals surface area (Å²) in [6.45, 7) is 1.22. The van der Waals surface area contributed by atoms with Crippen LogP contribution in [0.3, 0.4) is 0 Å². The molecule has 1 heterocycles. The first kappa shape index (κ1) is 12.5. The lowest BCUT2D eigenvalue weighted by molar-refractivity contribution is 0.0801. The van der Waals surface area contributed by atoms with E-state index < -0.39 is 0 Å². The van der Waals surface area contributed by atoms with Gasteiger partial charge in [-0.05, 0) is 29.3 Å². The first-order valence-electron chi connectivity index (χ1n) is 6.57. The third-order valence-corrected chi connectivity index (χ3v) is 3.44. The van der Waals surface area contributed by atoms with Crippen molar-refractivity contribution in [3.8, 4) is 5.75 Å². The summed E-state index contributed by atoms with van der Waals surface area (Å²) in [6.07, 6.45) is 2.08. The monoisotopic (exact) mass is 265 g/mol. The van der Waals surface area contributed by atoms with Gasteiger partial charge in [-0.25, -0.2) is 0 Å². The Balaban J connectivity index is 1.75. The molecule has 100 valence electrons. The summed E-state index contributed by atoms with van der Waals surface area (Å²) in [5, 5.41) is 9.45. The molecule has 1 amide bonds. The highest BCUT2D eigenvalue weighted by Crippen LogP contribution is 2.22. The zero-order valence-corrected chi connectivity index (χ0v) is 11.0. The number of aromatic hydroxyl groups is 1. The molecule has 20 heavy (non-hydrogen) atoms. The molecule has 2 aromatic carbocycles. The van der Waals surface area contributed by atoms with E-state index in [-0.39, 0.29) is 11.7 Å². The molecular formula is C17H15NO2. The third-order valence-electron chi connectivity index (χ3n) is 3.44. The minimum Gasteiger partial charge on any atom is -0.508 e. The summed E-state index contributed by atoms with van der Waals surface area (Å²) in [4.78, 5) is 14.1. The molecule has 0 aromatic heterocycles. The molecule has 3 nitrogen and oxygen atoms in total. The van der Waals surface area contributed by atoms with Crippen molar-refractivity contribution in [3.63, 3.8) is 0 Å². The Kier molecular flexibility index (Phi) is 3.25. The van der Waals surface area contributed by atoms with Gasteiger partial charge in [-0.1, -0.05) is 42.5 Å². The molecule has 1 aliphatic heterocycles. The quantitative estimate of drug-likeness (QED) is 0.907. The molecule has 0 atom stereocenters. The highest BCUT2D eigenvalue weighted by molar-refractivity contribution is 5.96. The fraction of sp³-hybridized carbons (Fsp3) is 0.118. The van der Waals surface area contributed by atoms with E-state index in [0.717, 1.165) is 5.56 Å². The van der Waals surface area contributed by atoms with Crippen molar-refractivity contribution in [3.05, 3.63) is 71.8 Å². The van der Waals surface area contributed by atoms with E-state index >= 15 is 0 Å². The van der Waals surface area contributed by atoms with Crippen LogP contribution in [0.15, 0.2) is 60.7 Å². The lowest BCUT2D eigenvalue weighted by Crippen LogP contribution is -2.28. The van der Waals surface area contributed by atoms with Crippen molar-refractivity contribution >= 4 is 11.5 Å². The normalized spacial score (nSPS) is 14.2. The molecule has 0 spiro atoms. The summed E-state index contributed by atoms with van der Waals surface area (Å²) >= 11 is 0. The Bertz CT molecular complexity index is 662. The second-order valence-corrected chi connectivity index (χ2v) is 4.83. The van der Waals surface area contributed by atoms with Crippen LogP contribution in [0.1, 0.15) is 15.9 Å². The number of hydrogen-bond donors (Lipinski definition) is 1. The minimum atomic E-state index is -0.0527. The van der Waals surface area contributed by atoms with Gasteiger partial charge in [-0.15, -0.1) is 0 Å². The average molecular weight is 265 g/mol. The van der Waals surface area contributed by atoms with E-state index in [1.807, 2.05) is 30.3 Å². The summed E-state index contributed by atoms with van der Waals surface area (Å²) in [6, 6.07) is 16.5. The van der Waals surface area contributed by atoms with Gasteiger partial charge < -0.3 is 10.0 Å². The van der Waals surface area contributed by atoms with Crippen LogP contribution in [0.5, 0.6) is 5.75 Å². The van der Waals surface area contributed by atoms with Crippen LogP contribution in [0.2, 0.25) is 0 Å². The maximum absolute atomic E-state index is 12.4. The third kappa shape index (κ3) is 2.43. The van der Waals surface area contributed by atoms with Crippen molar-refractivity contribution in [2.24, 2.45) is 0 Å². The number of amides is 1. The van der Waals surface area contributed by atoms with Gasteiger partial charge in [0, 0.05) is 18.7 Å². The average Bonchev–Trinajstić information content (AvgIpc) is 2.97. The van der Waals surface area contributed by atoms with E-state index in [0.29, 0.717) is 18.7 Å². The molecule has 0 unspecified atom stereocenters. The van der Waals surface area contributed by atoms with Crippen LogP contribution in [0.25, 0.3) is 5.57 Å². The predicted octanol–water partition coefficient (Wildman–Crippen LogP) is 2.93. The molecule has 0 radical (unpaired) electrons. The van der Waals surface area contributed by atoms with Crippen molar-refractivity contribution in [2.45, 2.75) is 0 Å². The fourth-order valence-electron chi connectivity index (χ4n) is 2.39. The number of hydrogen-bond acceptors (Lipinski definition) is 2. The van der Waals surface area contributed by atoms with E-state index in [1.165, 1.54) is 11.6 Å². The van der Waals surface area contributed by atoms with Gasteiger partial charge in [0.15, 0.2) is 0 Å². The van der Waals surface area contributed by atoms with E-state index in [9.17, 15) is 9.90 Å². The lowest BCUT2D eigenvalue weighted by Gasteiger charge is -2.16. The second-order valence-electron chi connectivity index (χ2n) is 4.83. The minimum absolute atomic E-state index is 0.0527. The van der Waals surface area contributed by atoms with Crippen molar-refractivity contribution in [1.29, 1.82) is 0 Å². The largest absolute Gasteiger partial charge is 0.508 e. The van der Waals surface area contributed by atoms with Gasteiger partial charge in [0.25, 0.3) is 5.91 Å². The number of phenols is 1. The SMILES string of the molecule is O=C(c1cccc(O)c1)N1CC=C(c2ccccc2)C1. The zero-order valence-electron chi connectivity index (χ0n) is 11.0. The second kappa shape index (κ2) is 5.21. The molecular weight excluding hydrogens is 250 g/mol. The fourth-order valence-corrected chi connectivity index (χ4v) is 2.39. The van der Waals surface area contributed by atoms with Gasteiger partial charge in [0.2, 0.25) is 0 Å². The van der Waals surface area contributed by atoms with Crippen LogP contribution in [-0.4, -0.2) is 29.0 Å². The maximum Gasteiger partial charge on any atom is 0.254 e. The van der Waals surface area contributed by atoms with Crippen LogP contribution < -0.4 is 0 Å². The first-order chi connectivity index (χ1) is 9.74. The van der Waals surface area contributed by atoms with Crippen molar-refractivity contribution in [2.75, 3.05) is 13.1 Å². The number of carbonyl (C=O) groups is 1. The van der Waals surface area contributed by atoms with Gasteiger partial charge in [-0.2, -0.15) is 0 Å². The maximum atomic E-state index is 12.4. The zero-order chi connectivity index (χ0) is 13.9. The standard InChI is InChI=1S/C17H15NO2/c19-16-8-4-7-14(11-16)17(20)18-10-9-15(12-18)13-5-2-1-3-6-13/h1-9,11,19H,10,12H2. The van der Waals surface area contributed by atoms with E-state index in [4.69, 9.17) is 0 Å². The number of rotatable bonds is 2. The smallest absolute Gasteiger partial charge is 0.254 e. The number of carbonyl (C=O) groups excluding carboxylic acids is 1. The molecule has 0 aliphatic carbocycles. The number of phenolic OH excluding ortho intramolecular Hbond substituents is 1. The van der Waals surface area contributed by atoms with Crippen molar-refractivity contribution in [1.82, 2.24) is 4.90 Å². The van der Waals surface area contributed by atoms with Crippen LogP contribution >= 0.6 is 0 Å². The summed E-state index contributed by atoms with van der Waals surface area (Å²) in [5.74, 6) is 0.0642. The Morgan fingerprint density at radius 3 is 2.60 bits per heavy atom. The van der Waals surface area contributed by atoms with Gasteiger partial charge in [0.05, 0.1) is 0 Å². The molecule has 0 bridgehead atoms. The highest BCUT2D eigenvalue weighted by Gasteiger charge is 2.21. The summed E-state index contributed by atoms with van der Waals surface area (Å²) in [7, 11) is 0. The van der Waals surface area contributed by atoms with Crippen LogP contribution in [0, 0.1) is 0 Å². The van der Waals surface area contributed by atoms with Crippen LogP contribution in [0.4, 0.5) is 0 Å².